The summed E-state index contributed by atoms with van der Waals surface area (Å²) in [6, 6.07) is 4.22. The van der Waals surface area contributed by atoms with Crippen molar-refractivity contribution < 1.29 is 8.78 Å². The van der Waals surface area contributed by atoms with Gasteiger partial charge < -0.3 is 5.73 Å². The standard InChI is InChI=1S/C8H8F2N/c9-7-1-2-8(10)6(5-7)3-4-11/h2,5H,3-4,11H2. The van der Waals surface area contributed by atoms with Gasteiger partial charge in [0, 0.05) is 6.07 Å². The highest BCUT2D eigenvalue weighted by atomic mass is 19.1. The van der Waals surface area contributed by atoms with Crippen molar-refractivity contribution in [2.45, 2.75) is 6.42 Å². The third-order valence-corrected chi connectivity index (χ3v) is 1.36. The van der Waals surface area contributed by atoms with E-state index in [0.29, 0.717) is 18.5 Å². The molecule has 0 fully saturated rings. The Morgan fingerprint density at radius 1 is 1.45 bits per heavy atom. The van der Waals surface area contributed by atoms with E-state index in [4.69, 9.17) is 5.73 Å². The molecule has 1 radical (unpaired) electrons. The highest BCUT2D eigenvalue weighted by Crippen LogP contribution is 2.08. The molecule has 1 rings (SSSR count). The Balaban J connectivity index is 2.93. The van der Waals surface area contributed by atoms with Gasteiger partial charge in [-0.25, -0.2) is 8.78 Å². The van der Waals surface area contributed by atoms with Crippen molar-refractivity contribution in [1.29, 1.82) is 0 Å². The molecule has 0 aliphatic carbocycles. The Kier molecular flexibility index (Phi) is 2.54. The van der Waals surface area contributed by atoms with Crippen LogP contribution in [0.15, 0.2) is 12.1 Å². The topological polar surface area (TPSA) is 26.0 Å². The average Bonchev–Trinajstić information content (AvgIpc) is 1.98. The molecule has 1 aromatic rings. The molecule has 0 spiro atoms. The molecule has 1 nitrogen and oxygen atoms in total. The molecule has 0 heterocycles. The maximum atomic E-state index is 12.7. The smallest absolute Gasteiger partial charge is 0.131 e. The number of benzene rings is 1. The molecule has 0 amide bonds. The summed E-state index contributed by atoms with van der Waals surface area (Å²) in [6.07, 6.45) is 0.359. The van der Waals surface area contributed by atoms with E-state index in [-0.39, 0.29) is 0 Å². The lowest BCUT2D eigenvalue weighted by molar-refractivity contribution is 0.583. The first-order chi connectivity index (χ1) is 5.24. The lowest BCUT2D eigenvalue weighted by atomic mass is 10.1. The number of hydrogen-bond donors (Lipinski definition) is 1. The van der Waals surface area contributed by atoms with Crippen molar-refractivity contribution in [3.63, 3.8) is 0 Å². The van der Waals surface area contributed by atoms with Crippen molar-refractivity contribution in [3.8, 4) is 0 Å². The largest absolute Gasteiger partial charge is 0.330 e. The van der Waals surface area contributed by atoms with Crippen molar-refractivity contribution in [1.82, 2.24) is 0 Å². The zero-order chi connectivity index (χ0) is 8.27. The van der Waals surface area contributed by atoms with E-state index in [1.807, 2.05) is 0 Å². The summed E-state index contributed by atoms with van der Waals surface area (Å²) in [4.78, 5) is 0. The molecule has 11 heavy (non-hydrogen) atoms. The summed E-state index contributed by atoms with van der Waals surface area (Å²) in [5.41, 5.74) is 5.49. The molecular weight excluding hydrogens is 148 g/mol. The summed E-state index contributed by atoms with van der Waals surface area (Å²) < 4.78 is 25.1. The van der Waals surface area contributed by atoms with Crippen LogP contribution < -0.4 is 5.73 Å². The van der Waals surface area contributed by atoms with Gasteiger partial charge in [0.05, 0.1) is 0 Å². The normalized spacial score (nSPS) is 10.1. The highest BCUT2D eigenvalue weighted by molar-refractivity contribution is 5.17. The fourth-order valence-electron chi connectivity index (χ4n) is 0.836. The van der Waals surface area contributed by atoms with Gasteiger partial charge in [0.15, 0.2) is 0 Å². The first kappa shape index (κ1) is 8.14. The molecule has 2 N–H and O–H groups in total. The summed E-state index contributed by atoms with van der Waals surface area (Å²) in [5.74, 6) is -0.994. The molecule has 3 heteroatoms. The molecule has 0 aromatic heterocycles. The van der Waals surface area contributed by atoms with Crippen LogP contribution in [0.25, 0.3) is 0 Å². The molecule has 0 atom stereocenters. The predicted octanol–water partition coefficient (Wildman–Crippen LogP) is 1.27. The second-order valence-electron chi connectivity index (χ2n) is 2.19. The molecule has 0 aliphatic rings. The van der Waals surface area contributed by atoms with E-state index in [1.165, 1.54) is 0 Å². The van der Waals surface area contributed by atoms with Gasteiger partial charge in [-0.15, -0.1) is 0 Å². The minimum absolute atomic E-state index is 0.309. The summed E-state index contributed by atoms with van der Waals surface area (Å²) in [6.45, 7) is 0.320. The van der Waals surface area contributed by atoms with Crippen molar-refractivity contribution in [2.75, 3.05) is 6.54 Å². The predicted molar refractivity (Wildman–Crippen MR) is 38.0 cm³/mol. The Bertz CT molecular complexity index is 248. The van der Waals surface area contributed by atoms with E-state index in [0.717, 1.165) is 12.1 Å². The van der Waals surface area contributed by atoms with Crippen LogP contribution in [0.3, 0.4) is 0 Å². The molecule has 1 aromatic carbocycles. The summed E-state index contributed by atoms with van der Waals surface area (Å²) in [5, 5.41) is 0. The third kappa shape index (κ3) is 1.98. The van der Waals surface area contributed by atoms with Crippen LogP contribution in [0, 0.1) is 17.7 Å². The van der Waals surface area contributed by atoms with E-state index < -0.39 is 11.6 Å². The zero-order valence-electron chi connectivity index (χ0n) is 5.90. The monoisotopic (exact) mass is 156 g/mol. The van der Waals surface area contributed by atoms with Crippen LogP contribution in [-0.4, -0.2) is 6.54 Å². The minimum Gasteiger partial charge on any atom is -0.330 e. The lowest BCUT2D eigenvalue weighted by Gasteiger charge is -1.99. The average molecular weight is 156 g/mol. The number of rotatable bonds is 2. The Labute approximate surface area is 63.8 Å². The van der Waals surface area contributed by atoms with Crippen LogP contribution in [-0.2, 0) is 6.42 Å². The zero-order valence-corrected chi connectivity index (χ0v) is 5.90. The SMILES string of the molecule is NCCc1cc(F)[c]cc1F. The third-order valence-electron chi connectivity index (χ3n) is 1.36. The van der Waals surface area contributed by atoms with Gasteiger partial charge in [0.25, 0.3) is 0 Å². The van der Waals surface area contributed by atoms with E-state index in [1.54, 1.807) is 0 Å². The molecule has 0 bridgehead atoms. The minimum atomic E-state index is -0.546. The fourth-order valence-corrected chi connectivity index (χ4v) is 0.836. The Hall–Kier alpha value is -0.960. The Morgan fingerprint density at radius 2 is 2.18 bits per heavy atom. The number of halogens is 2. The van der Waals surface area contributed by atoms with Gasteiger partial charge in [-0.1, -0.05) is 0 Å². The first-order valence-electron chi connectivity index (χ1n) is 3.29. The van der Waals surface area contributed by atoms with Crippen molar-refractivity contribution in [3.05, 3.63) is 35.4 Å². The van der Waals surface area contributed by atoms with Gasteiger partial charge in [-0.2, -0.15) is 0 Å². The van der Waals surface area contributed by atoms with Crippen molar-refractivity contribution in [2.24, 2.45) is 5.73 Å². The maximum Gasteiger partial charge on any atom is 0.131 e. The van der Waals surface area contributed by atoms with E-state index >= 15 is 0 Å². The second-order valence-corrected chi connectivity index (χ2v) is 2.19. The number of nitrogens with two attached hydrogens (primary N) is 1. The number of hydrogen-bond acceptors (Lipinski definition) is 1. The van der Waals surface area contributed by atoms with Crippen LogP contribution in [0.5, 0.6) is 0 Å². The van der Waals surface area contributed by atoms with Gasteiger partial charge >= 0.3 is 0 Å². The molecule has 0 saturated carbocycles. The van der Waals surface area contributed by atoms with Gasteiger partial charge in [-0.3, -0.25) is 0 Å². The van der Waals surface area contributed by atoms with Crippen LogP contribution >= 0.6 is 0 Å². The molecular formula is C8H8F2N. The molecule has 0 unspecified atom stereocenters. The summed E-state index contributed by atoms with van der Waals surface area (Å²) >= 11 is 0. The van der Waals surface area contributed by atoms with Crippen LogP contribution in [0.2, 0.25) is 0 Å². The van der Waals surface area contributed by atoms with Gasteiger partial charge in [-0.05, 0) is 30.7 Å². The fraction of sp³-hybridized carbons (Fsp3) is 0.250. The molecule has 59 valence electrons. The van der Waals surface area contributed by atoms with E-state index in [9.17, 15) is 8.78 Å². The van der Waals surface area contributed by atoms with Gasteiger partial charge in [0.2, 0.25) is 0 Å². The van der Waals surface area contributed by atoms with Crippen LogP contribution in [0.1, 0.15) is 5.56 Å². The molecule has 0 aliphatic heterocycles. The van der Waals surface area contributed by atoms with Crippen LogP contribution in [0.4, 0.5) is 8.78 Å². The second kappa shape index (κ2) is 3.44. The molecule has 0 saturated heterocycles. The first-order valence-corrected chi connectivity index (χ1v) is 3.29. The highest BCUT2D eigenvalue weighted by Gasteiger charge is 2.01. The van der Waals surface area contributed by atoms with E-state index in [2.05, 4.69) is 6.07 Å². The summed E-state index contributed by atoms with van der Waals surface area (Å²) in [7, 11) is 0. The quantitative estimate of drug-likeness (QED) is 0.685. The lowest BCUT2D eigenvalue weighted by Crippen LogP contribution is -2.04. The Morgan fingerprint density at radius 3 is 2.82 bits per heavy atom. The maximum absolute atomic E-state index is 12.7. The van der Waals surface area contributed by atoms with Gasteiger partial charge in [0.1, 0.15) is 11.6 Å². The van der Waals surface area contributed by atoms with Crippen molar-refractivity contribution >= 4 is 0 Å².